The Balaban J connectivity index is 1.39. The highest BCUT2D eigenvalue weighted by Crippen LogP contribution is 2.26. The predicted molar refractivity (Wildman–Crippen MR) is 108 cm³/mol. The summed E-state index contributed by atoms with van der Waals surface area (Å²) < 4.78 is 34.2. The van der Waals surface area contributed by atoms with Crippen LogP contribution in [0.25, 0.3) is 10.8 Å². The molecule has 1 saturated carbocycles. The van der Waals surface area contributed by atoms with Gasteiger partial charge in [-0.15, -0.1) is 0 Å². The molecule has 1 aliphatic carbocycles. The first-order chi connectivity index (χ1) is 14.0. The van der Waals surface area contributed by atoms with Crippen LogP contribution in [-0.4, -0.2) is 30.5 Å². The topological polar surface area (TPSA) is 105 Å². The number of hydrogen-bond donors (Lipinski definition) is 1. The van der Waals surface area contributed by atoms with Gasteiger partial charge >= 0.3 is 0 Å². The monoisotopic (exact) mass is 408 g/mol. The summed E-state index contributed by atoms with van der Waals surface area (Å²) in [5.41, 5.74) is 0.159. The van der Waals surface area contributed by atoms with Crippen molar-refractivity contribution in [3.63, 3.8) is 0 Å². The normalized spacial score (nSPS) is 19.6. The third kappa shape index (κ3) is 4.36. The summed E-state index contributed by atoms with van der Waals surface area (Å²) in [4.78, 5) is 8.28. The van der Waals surface area contributed by atoms with Crippen LogP contribution in [0.2, 0.25) is 0 Å². The Morgan fingerprint density at radius 2 is 1.72 bits per heavy atom. The average molecular weight is 408 g/mol. The minimum atomic E-state index is -3.59. The smallest absolute Gasteiger partial charge is 0.251 e. The lowest BCUT2D eigenvalue weighted by atomic mass is 9.94. The Bertz CT molecular complexity index is 1170. The number of benzene rings is 2. The summed E-state index contributed by atoms with van der Waals surface area (Å²) in [5.74, 6) is 0.232. The number of rotatable bonds is 5. The van der Waals surface area contributed by atoms with Gasteiger partial charge in [0.2, 0.25) is 15.7 Å². The van der Waals surface area contributed by atoms with E-state index in [0.29, 0.717) is 25.7 Å². The molecule has 0 radical (unpaired) electrons. The molecule has 4 rings (SSSR count). The zero-order valence-electron chi connectivity index (χ0n) is 15.7. The molecule has 1 aromatic heterocycles. The van der Waals surface area contributed by atoms with Crippen LogP contribution in [0.5, 0.6) is 5.88 Å². The standard InChI is InChI=1S/C21H20N4O3S/c22-14-20-21(24-12-11-23-20)28-18-8-6-17(7-9-18)25-29(26,27)19-10-5-15-3-1-2-4-16(15)13-19/h1-5,10-13,17-18,25H,6-9H2. The third-order valence-corrected chi connectivity index (χ3v) is 6.59. The van der Waals surface area contributed by atoms with E-state index in [1.54, 1.807) is 12.1 Å². The molecule has 8 heteroatoms. The molecule has 0 spiro atoms. The number of nitrogens with zero attached hydrogens (tertiary/aromatic N) is 3. The summed E-state index contributed by atoms with van der Waals surface area (Å²) in [7, 11) is -3.59. The van der Waals surface area contributed by atoms with Gasteiger partial charge < -0.3 is 4.74 Å². The van der Waals surface area contributed by atoms with E-state index in [9.17, 15) is 8.42 Å². The minimum absolute atomic E-state index is 0.111. The fourth-order valence-corrected chi connectivity index (χ4v) is 4.91. The molecule has 3 aromatic rings. The van der Waals surface area contributed by atoms with Crippen molar-refractivity contribution in [3.05, 3.63) is 60.6 Å². The zero-order chi connectivity index (χ0) is 20.3. The molecule has 0 aliphatic heterocycles. The molecule has 29 heavy (non-hydrogen) atoms. The summed E-state index contributed by atoms with van der Waals surface area (Å²) in [6, 6.07) is 14.6. The quantitative estimate of drug-likeness (QED) is 0.695. The van der Waals surface area contributed by atoms with E-state index in [1.165, 1.54) is 12.4 Å². The Labute approximate surface area is 169 Å². The van der Waals surface area contributed by atoms with Crippen LogP contribution in [0.4, 0.5) is 0 Å². The van der Waals surface area contributed by atoms with Crippen molar-refractivity contribution in [1.29, 1.82) is 5.26 Å². The number of aromatic nitrogens is 2. The van der Waals surface area contributed by atoms with Gasteiger partial charge in [-0.25, -0.2) is 23.1 Å². The van der Waals surface area contributed by atoms with Gasteiger partial charge in [-0.1, -0.05) is 30.3 Å². The molecule has 7 nitrogen and oxygen atoms in total. The molecule has 148 valence electrons. The summed E-state index contributed by atoms with van der Waals surface area (Å²) in [5, 5.41) is 11.0. The largest absolute Gasteiger partial charge is 0.472 e. The fourth-order valence-electron chi connectivity index (χ4n) is 3.57. The first kappa shape index (κ1) is 19.3. The van der Waals surface area contributed by atoms with E-state index >= 15 is 0 Å². The molecular formula is C21H20N4O3S. The predicted octanol–water partition coefficient (Wildman–Crippen LogP) is 3.17. The van der Waals surface area contributed by atoms with Crippen LogP contribution < -0.4 is 9.46 Å². The molecule has 1 heterocycles. The van der Waals surface area contributed by atoms with Crippen molar-refractivity contribution < 1.29 is 13.2 Å². The van der Waals surface area contributed by atoms with Gasteiger partial charge in [-0.3, -0.25) is 0 Å². The molecule has 0 saturated heterocycles. The van der Waals surface area contributed by atoms with Crippen LogP contribution in [0.1, 0.15) is 31.4 Å². The Morgan fingerprint density at radius 1 is 1.00 bits per heavy atom. The molecule has 1 aliphatic rings. The summed E-state index contributed by atoms with van der Waals surface area (Å²) in [6.07, 6.45) is 5.47. The maximum atomic E-state index is 12.8. The minimum Gasteiger partial charge on any atom is -0.472 e. The van der Waals surface area contributed by atoms with Gasteiger partial charge in [-0.2, -0.15) is 5.26 Å². The number of nitrogens with one attached hydrogen (secondary N) is 1. The lowest BCUT2D eigenvalue weighted by molar-refractivity contribution is 0.137. The number of nitriles is 1. The van der Waals surface area contributed by atoms with Gasteiger partial charge in [0.25, 0.3) is 5.88 Å². The van der Waals surface area contributed by atoms with Crippen molar-refractivity contribution in [2.45, 2.75) is 42.7 Å². The third-order valence-electron chi connectivity index (χ3n) is 5.08. The van der Waals surface area contributed by atoms with Crippen LogP contribution in [0.3, 0.4) is 0 Å². The van der Waals surface area contributed by atoms with Crippen LogP contribution in [0, 0.1) is 11.3 Å². The number of hydrogen-bond acceptors (Lipinski definition) is 6. The second-order valence-corrected chi connectivity index (χ2v) is 8.76. The lowest BCUT2D eigenvalue weighted by Gasteiger charge is -2.29. The highest BCUT2D eigenvalue weighted by Gasteiger charge is 2.27. The zero-order valence-corrected chi connectivity index (χ0v) is 16.5. The van der Waals surface area contributed by atoms with Gasteiger partial charge in [0.15, 0.2) is 0 Å². The van der Waals surface area contributed by atoms with E-state index in [0.717, 1.165) is 10.8 Å². The molecule has 0 amide bonds. The van der Waals surface area contributed by atoms with E-state index in [1.807, 2.05) is 36.4 Å². The summed E-state index contributed by atoms with van der Waals surface area (Å²) >= 11 is 0. The Kier molecular flexibility index (Phi) is 5.43. The van der Waals surface area contributed by atoms with E-state index in [2.05, 4.69) is 14.7 Å². The fraction of sp³-hybridized carbons (Fsp3) is 0.286. The highest BCUT2D eigenvalue weighted by molar-refractivity contribution is 7.89. The van der Waals surface area contributed by atoms with Gasteiger partial charge in [-0.05, 0) is 48.6 Å². The first-order valence-corrected chi connectivity index (χ1v) is 10.9. The maximum absolute atomic E-state index is 12.8. The van der Waals surface area contributed by atoms with Gasteiger partial charge in [0.05, 0.1) is 4.90 Å². The van der Waals surface area contributed by atoms with Crippen molar-refractivity contribution >= 4 is 20.8 Å². The molecule has 1 N–H and O–H groups in total. The van der Waals surface area contributed by atoms with E-state index < -0.39 is 10.0 Å². The van der Waals surface area contributed by atoms with Crippen molar-refractivity contribution in [2.24, 2.45) is 0 Å². The number of sulfonamides is 1. The van der Waals surface area contributed by atoms with Crippen LogP contribution in [-0.2, 0) is 10.0 Å². The molecule has 1 fully saturated rings. The lowest BCUT2D eigenvalue weighted by Crippen LogP contribution is -2.39. The number of ether oxygens (including phenoxy) is 1. The van der Waals surface area contributed by atoms with Crippen molar-refractivity contribution in [3.8, 4) is 11.9 Å². The van der Waals surface area contributed by atoms with Crippen molar-refractivity contribution in [2.75, 3.05) is 0 Å². The average Bonchev–Trinajstić information content (AvgIpc) is 2.75. The second-order valence-electron chi connectivity index (χ2n) is 7.04. The van der Waals surface area contributed by atoms with Crippen molar-refractivity contribution in [1.82, 2.24) is 14.7 Å². The maximum Gasteiger partial charge on any atom is 0.251 e. The van der Waals surface area contributed by atoms with Gasteiger partial charge in [0, 0.05) is 18.4 Å². The molecule has 0 atom stereocenters. The van der Waals surface area contributed by atoms with E-state index in [-0.39, 0.29) is 28.6 Å². The SMILES string of the molecule is N#Cc1nccnc1OC1CCC(NS(=O)(=O)c2ccc3ccccc3c2)CC1. The summed E-state index contributed by atoms with van der Waals surface area (Å²) in [6.45, 7) is 0. The van der Waals surface area contributed by atoms with Gasteiger partial charge in [0.1, 0.15) is 12.2 Å². The Hall–Kier alpha value is -3.02. The molecular weight excluding hydrogens is 388 g/mol. The highest BCUT2D eigenvalue weighted by atomic mass is 32.2. The number of fused-ring (bicyclic) bond motifs is 1. The Morgan fingerprint density at radius 3 is 2.48 bits per heavy atom. The molecule has 2 aromatic carbocycles. The first-order valence-electron chi connectivity index (χ1n) is 9.44. The van der Waals surface area contributed by atoms with Crippen LogP contribution >= 0.6 is 0 Å². The molecule has 0 bridgehead atoms. The molecule has 0 unspecified atom stereocenters. The second kappa shape index (κ2) is 8.15. The van der Waals surface area contributed by atoms with Crippen LogP contribution in [0.15, 0.2) is 59.8 Å². The van der Waals surface area contributed by atoms with E-state index in [4.69, 9.17) is 10.00 Å².